The highest BCUT2D eigenvalue weighted by Crippen LogP contribution is 2.46. The predicted octanol–water partition coefficient (Wildman–Crippen LogP) is 8.62. The van der Waals surface area contributed by atoms with E-state index >= 15 is 0 Å². The van der Waals surface area contributed by atoms with Crippen molar-refractivity contribution in [1.82, 2.24) is 0 Å². The number of hydrogen-bond donors (Lipinski definition) is 0. The second kappa shape index (κ2) is 12.3. The molecule has 158 valence electrons. The highest BCUT2D eigenvalue weighted by molar-refractivity contribution is 5.14. The van der Waals surface area contributed by atoms with E-state index in [2.05, 4.69) is 33.8 Å². The van der Waals surface area contributed by atoms with Gasteiger partial charge >= 0.3 is 0 Å². The van der Waals surface area contributed by atoms with Crippen molar-refractivity contribution in [3.05, 3.63) is 11.6 Å². The number of hydrogen-bond acceptors (Lipinski definition) is 1. The van der Waals surface area contributed by atoms with Crippen LogP contribution >= 0.6 is 0 Å². The van der Waals surface area contributed by atoms with E-state index in [-0.39, 0.29) is 5.60 Å². The lowest BCUT2D eigenvalue weighted by molar-refractivity contribution is -0.166. The van der Waals surface area contributed by atoms with E-state index in [1.54, 1.807) is 5.57 Å². The Morgan fingerprint density at radius 2 is 1.37 bits per heavy atom. The van der Waals surface area contributed by atoms with E-state index in [9.17, 15) is 0 Å². The van der Waals surface area contributed by atoms with E-state index in [4.69, 9.17) is 4.74 Å². The number of rotatable bonds is 14. The molecule has 0 N–H and O–H groups in total. The van der Waals surface area contributed by atoms with Gasteiger partial charge in [-0.25, -0.2) is 0 Å². The summed E-state index contributed by atoms with van der Waals surface area (Å²) in [6.07, 6.45) is 25.5. The van der Waals surface area contributed by atoms with Gasteiger partial charge in [0.25, 0.3) is 0 Å². The molecule has 0 aromatic heterocycles. The minimum Gasteiger partial charge on any atom is -0.371 e. The maximum atomic E-state index is 6.58. The lowest BCUT2D eigenvalue weighted by Crippen LogP contribution is -2.49. The van der Waals surface area contributed by atoms with Crippen molar-refractivity contribution < 1.29 is 4.74 Å². The van der Waals surface area contributed by atoms with Gasteiger partial charge in [0.05, 0.1) is 11.7 Å². The SMILES string of the molecule is CCCCCCCCCCCCCCC[C@@H]1OC(C)(C)[C@@H]2CC=C(C)[C@H]1C2. The molecule has 2 bridgehead atoms. The van der Waals surface area contributed by atoms with Crippen LogP contribution in [0.3, 0.4) is 0 Å². The molecule has 0 saturated carbocycles. The molecule has 1 aliphatic heterocycles. The fraction of sp³-hybridized carbons (Fsp3) is 0.923. The molecule has 1 heteroatoms. The van der Waals surface area contributed by atoms with Crippen molar-refractivity contribution in [2.24, 2.45) is 11.8 Å². The smallest absolute Gasteiger partial charge is 0.0661 e. The highest BCUT2D eigenvalue weighted by atomic mass is 16.5. The first-order valence-corrected chi connectivity index (χ1v) is 12.4. The summed E-state index contributed by atoms with van der Waals surface area (Å²) >= 11 is 0. The van der Waals surface area contributed by atoms with E-state index in [0.29, 0.717) is 12.0 Å². The van der Waals surface area contributed by atoms with Gasteiger partial charge in [-0.2, -0.15) is 0 Å². The van der Waals surface area contributed by atoms with Gasteiger partial charge in [-0.05, 0) is 46.0 Å². The van der Waals surface area contributed by atoms with Crippen LogP contribution in [0.5, 0.6) is 0 Å². The Morgan fingerprint density at radius 3 is 1.93 bits per heavy atom. The maximum Gasteiger partial charge on any atom is 0.0661 e. The Bertz CT molecular complexity index is 422. The second-order valence-corrected chi connectivity index (χ2v) is 10.0. The molecule has 0 amide bonds. The van der Waals surface area contributed by atoms with Crippen LogP contribution in [0.2, 0.25) is 0 Å². The standard InChI is InChI=1S/C26H48O/c1-5-6-7-8-9-10-11-12-13-14-15-16-17-18-25-24-21-23(20-19-22(24)2)26(3,4)27-25/h19,23-25H,5-18,20-21H2,1-4H3/t23-,24-,25+/m1/s1. The Hall–Kier alpha value is -0.300. The minimum absolute atomic E-state index is 0.0783. The molecule has 0 aromatic carbocycles. The Kier molecular flexibility index (Phi) is 10.5. The fourth-order valence-electron chi connectivity index (χ4n) is 5.27. The van der Waals surface area contributed by atoms with Crippen molar-refractivity contribution in [2.45, 2.75) is 142 Å². The quantitative estimate of drug-likeness (QED) is 0.218. The molecular weight excluding hydrogens is 328 g/mol. The van der Waals surface area contributed by atoms with Crippen molar-refractivity contribution in [1.29, 1.82) is 0 Å². The molecule has 0 aromatic rings. The van der Waals surface area contributed by atoms with Crippen LogP contribution in [0.4, 0.5) is 0 Å². The second-order valence-electron chi connectivity index (χ2n) is 10.0. The van der Waals surface area contributed by atoms with Gasteiger partial charge in [0.2, 0.25) is 0 Å². The van der Waals surface area contributed by atoms with Crippen molar-refractivity contribution in [3.8, 4) is 0 Å². The number of unbranched alkanes of at least 4 members (excludes halogenated alkanes) is 12. The molecule has 27 heavy (non-hydrogen) atoms. The third kappa shape index (κ3) is 7.92. The Labute approximate surface area is 170 Å². The Balaban J connectivity index is 1.47. The molecule has 3 atom stereocenters. The summed E-state index contributed by atoms with van der Waals surface area (Å²) in [6.45, 7) is 9.27. The average Bonchev–Trinajstić information content (AvgIpc) is 2.64. The van der Waals surface area contributed by atoms with Gasteiger partial charge in [-0.15, -0.1) is 0 Å². The summed E-state index contributed by atoms with van der Waals surface area (Å²) in [6, 6.07) is 0. The van der Waals surface area contributed by atoms with Crippen LogP contribution in [-0.4, -0.2) is 11.7 Å². The first-order valence-electron chi connectivity index (χ1n) is 12.4. The summed E-state index contributed by atoms with van der Waals surface area (Å²) in [4.78, 5) is 0. The highest BCUT2D eigenvalue weighted by Gasteiger charge is 2.44. The minimum atomic E-state index is 0.0783. The number of allylic oxidation sites excluding steroid dienone is 1. The molecule has 2 rings (SSSR count). The summed E-state index contributed by atoms with van der Waals surface area (Å²) in [5, 5.41) is 0. The van der Waals surface area contributed by atoms with Gasteiger partial charge in [0.1, 0.15) is 0 Å². The van der Waals surface area contributed by atoms with Gasteiger partial charge in [-0.1, -0.05) is 102 Å². The summed E-state index contributed by atoms with van der Waals surface area (Å²) in [5.41, 5.74) is 1.68. The van der Waals surface area contributed by atoms with Crippen LogP contribution in [0.25, 0.3) is 0 Å². The normalized spacial score (nSPS) is 26.8. The molecule has 0 radical (unpaired) electrons. The monoisotopic (exact) mass is 376 g/mol. The molecule has 1 heterocycles. The average molecular weight is 377 g/mol. The zero-order chi connectivity index (χ0) is 19.5. The molecule has 2 aliphatic rings. The first kappa shape index (κ1) is 23.0. The van der Waals surface area contributed by atoms with Gasteiger partial charge < -0.3 is 4.74 Å². The lowest BCUT2D eigenvalue weighted by Gasteiger charge is -2.49. The zero-order valence-corrected chi connectivity index (χ0v) is 19.0. The molecular formula is C26H48O. The molecule has 1 aliphatic carbocycles. The van der Waals surface area contributed by atoms with Crippen LogP contribution in [-0.2, 0) is 4.74 Å². The van der Waals surface area contributed by atoms with Crippen LogP contribution in [0.15, 0.2) is 11.6 Å². The summed E-state index contributed by atoms with van der Waals surface area (Å²) in [7, 11) is 0. The predicted molar refractivity (Wildman–Crippen MR) is 119 cm³/mol. The zero-order valence-electron chi connectivity index (χ0n) is 19.0. The van der Waals surface area contributed by atoms with Crippen molar-refractivity contribution in [3.63, 3.8) is 0 Å². The molecule has 1 nitrogen and oxygen atoms in total. The van der Waals surface area contributed by atoms with Gasteiger partial charge in [0.15, 0.2) is 0 Å². The van der Waals surface area contributed by atoms with E-state index in [1.807, 2.05) is 0 Å². The third-order valence-corrected chi connectivity index (χ3v) is 7.33. The van der Waals surface area contributed by atoms with Crippen molar-refractivity contribution >= 4 is 0 Å². The van der Waals surface area contributed by atoms with E-state index in [1.165, 1.54) is 103 Å². The van der Waals surface area contributed by atoms with Gasteiger partial charge in [0, 0.05) is 5.92 Å². The van der Waals surface area contributed by atoms with E-state index in [0.717, 1.165) is 5.92 Å². The van der Waals surface area contributed by atoms with Crippen LogP contribution in [0, 0.1) is 11.8 Å². The third-order valence-electron chi connectivity index (χ3n) is 7.33. The maximum absolute atomic E-state index is 6.58. The summed E-state index contributed by atoms with van der Waals surface area (Å²) < 4.78 is 6.58. The largest absolute Gasteiger partial charge is 0.371 e. The Morgan fingerprint density at radius 1 is 0.852 bits per heavy atom. The van der Waals surface area contributed by atoms with Crippen LogP contribution in [0.1, 0.15) is 130 Å². The molecule has 0 unspecified atom stereocenters. The molecule has 1 fully saturated rings. The fourth-order valence-corrected chi connectivity index (χ4v) is 5.27. The topological polar surface area (TPSA) is 9.23 Å². The van der Waals surface area contributed by atoms with E-state index < -0.39 is 0 Å². The number of fused-ring (bicyclic) bond motifs is 2. The lowest BCUT2D eigenvalue weighted by atomic mass is 9.69. The first-order chi connectivity index (χ1) is 13.0. The van der Waals surface area contributed by atoms with Crippen molar-refractivity contribution in [2.75, 3.05) is 0 Å². The molecule has 0 spiro atoms. The molecule has 1 saturated heterocycles. The number of ether oxygens (including phenoxy) is 1. The summed E-state index contributed by atoms with van der Waals surface area (Å²) in [5.74, 6) is 1.43. The van der Waals surface area contributed by atoms with Gasteiger partial charge in [-0.3, -0.25) is 0 Å². The van der Waals surface area contributed by atoms with Crippen LogP contribution < -0.4 is 0 Å².